The van der Waals surface area contributed by atoms with Crippen LogP contribution in [0.4, 0.5) is 0 Å². The third-order valence-electron chi connectivity index (χ3n) is 2.79. The monoisotopic (exact) mass is 230 g/mol. The fourth-order valence-electron chi connectivity index (χ4n) is 1.75. The molecule has 0 saturated heterocycles. The minimum absolute atomic E-state index is 0.342. The largest absolute Gasteiger partial charge is 0.439 e. The Kier molecular flexibility index (Phi) is 3.94. The molecule has 0 bridgehead atoms. The first-order chi connectivity index (χ1) is 8.33. The van der Waals surface area contributed by atoms with Crippen molar-refractivity contribution in [2.75, 3.05) is 0 Å². The van der Waals surface area contributed by atoms with Crippen molar-refractivity contribution in [2.24, 2.45) is 5.73 Å². The first-order valence-electron chi connectivity index (χ1n) is 6.07. The molecule has 90 valence electrons. The van der Waals surface area contributed by atoms with Crippen LogP contribution in [0.15, 0.2) is 34.9 Å². The Morgan fingerprint density at radius 3 is 2.59 bits per heavy atom. The summed E-state index contributed by atoms with van der Waals surface area (Å²) < 4.78 is 5.50. The molecule has 0 amide bonds. The van der Waals surface area contributed by atoms with Crippen LogP contribution in [0.5, 0.6) is 0 Å². The first-order valence-corrected chi connectivity index (χ1v) is 6.07. The molecule has 0 unspecified atom stereocenters. The van der Waals surface area contributed by atoms with Gasteiger partial charge in [0.05, 0.1) is 12.7 Å². The zero-order valence-electron chi connectivity index (χ0n) is 10.1. The van der Waals surface area contributed by atoms with E-state index >= 15 is 0 Å². The van der Waals surface area contributed by atoms with Gasteiger partial charge in [-0.05, 0) is 18.4 Å². The zero-order chi connectivity index (χ0) is 12.1. The molecule has 0 atom stereocenters. The van der Waals surface area contributed by atoms with Crippen LogP contribution in [0.1, 0.15) is 31.2 Å². The van der Waals surface area contributed by atoms with Gasteiger partial charge in [-0.15, -0.1) is 0 Å². The van der Waals surface area contributed by atoms with Crippen molar-refractivity contribution in [2.45, 2.75) is 32.7 Å². The van der Waals surface area contributed by atoms with Crippen LogP contribution in [0.25, 0.3) is 11.3 Å². The molecule has 3 nitrogen and oxygen atoms in total. The lowest BCUT2D eigenvalue weighted by molar-refractivity contribution is 0.509. The Morgan fingerprint density at radius 1 is 1.24 bits per heavy atom. The molecule has 2 N–H and O–H groups in total. The van der Waals surface area contributed by atoms with E-state index < -0.39 is 0 Å². The standard InChI is InChI=1S/C14H18N2O/c1-2-3-4-11-5-7-12(8-6-11)13-10-16-14(9-15)17-13/h5-8,10H,2-4,9,15H2,1H3. The Bertz CT molecular complexity index is 459. The fraction of sp³-hybridized carbons (Fsp3) is 0.357. The van der Waals surface area contributed by atoms with Crippen molar-refractivity contribution >= 4 is 0 Å². The number of hydrogen-bond acceptors (Lipinski definition) is 3. The van der Waals surface area contributed by atoms with Crippen molar-refractivity contribution < 1.29 is 4.42 Å². The third-order valence-corrected chi connectivity index (χ3v) is 2.79. The SMILES string of the molecule is CCCCc1ccc(-c2cnc(CN)o2)cc1. The predicted molar refractivity (Wildman–Crippen MR) is 68.4 cm³/mol. The Balaban J connectivity index is 2.11. The quantitative estimate of drug-likeness (QED) is 0.858. The van der Waals surface area contributed by atoms with Gasteiger partial charge >= 0.3 is 0 Å². The molecule has 0 aliphatic heterocycles. The van der Waals surface area contributed by atoms with Crippen molar-refractivity contribution in [3.63, 3.8) is 0 Å². The highest BCUT2D eigenvalue weighted by Crippen LogP contribution is 2.21. The smallest absolute Gasteiger partial charge is 0.208 e. The number of nitrogens with zero attached hydrogens (tertiary/aromatic N) is 1. The number of oxazole rings is 1. The molecule has 2 rings (SSSR count). The second-order valence-corrected chi connectivity index (χ2v) is 4.12. The molecule has 0 aliphatic rings. The number of hydrogen-bond donors (Lipinski definition) is 1. The molecule has 0 radical (unpaired) electrons. The van der Waals surface area contributed by atoms with Crippen LogP contribution >= 0.6 is 0 Å². The third kappa shape index (κ3) is 2.94. The van der Waals surface area contributed by atoms with E-state index in [1.54, 1.807) is 6.20 Å². The maximum atomic E-state index is 5.50. The van der Waals surface area contributed by atoms with Crippen LogP contribution in [-0.2, 0) is 13.0 Å². The van der Waals surface area contributed by atoms with E-state index in [-0.39, 0.29) is 0 Å². The van der Waals surface area contributed by atoms with Gasteiger partial charge in [0.15, 0.2) is 5.76 Å². The minimum atomic E-state index is 0.342. The summed E-state index contributed by atoms with van der Waals surface area (Å²) in [7, 11) is 0. The number of aromatic nitrogens is 1. The molecule has 0 saturated carbocycles. The van der Waals surface area contributed by atoms with E-state index in [4.69, 9.17) is 10.2 Å². The van der Waals surface area contributed by atoms with Crippen LogP contribution in [0.2, 0.25) is 0 Å². The molecule has 0 spiro atoms. The van der Waals surface area contributed by atoms with Gasteiger partial charge in [0.1, 0.15) is 0 Å². The summed E-state index contributed by atoms with van der Waals surface area (Å²) >= 11 is 0. The normalized spacial score (nSPS) is 10.7. The second-order valence-electron chi connectivity index (χ2n) is 4.12. The molecule has 1 aromatic heterocycles. The van der Waals surface area contributed by atoms with Gasteiger partial charge < -0.3 is 10.2 Å². The number of rotatable bonds is 5. The lowest BCUT2D eigenvalue weighted by atomic mass is 10.1. The van der Waals surface area contributed by atoms with Crippen LogP contribution < -0.4 is 5.73 Å². The zero-order valence-corrected chi connectivity index (χ0v) is 10.1. The maximum Gasteiger partial charge on any atom is 0.208 e. The predicted octanol–water partition coefficient (Wildman–Crippen LogP) is 3.14. The van der Waals surface area contributed by atoms with Crippen LogP contribution in [-0.4, -0.2) is 4.98 Å². The highest BCUT2D eigenvalue weighted by molar-refractivity contribution is 5.56. The summed E-state index contributed by atoms with van der Waals surface area (Å²) in [6.45, 7) is 2.55. The Labute approximate surface area is 102 Å². The molecule has 2 aromatic rings. The van der Waals surface area contributed by atoms with Crippen molar-refractivity contribution in [3.05, 3.63) is 41.9 Å². The van der Waals surface area contributed by atoms with Crippen molar-refractivity contribution in [1.29, 1.82) is 0 Å². The van der Waals surface area contributed by atoms with Gasteiger partial charge in [-0.3, -0.25) is 0 Å². The van der Waals surface area contributed by atoms with Crippen molar-refractivity contribution in [3.8, 4) is 11.3 Å². The lowest BCUT2D eigenvalue weighted by Gasteiger charge is -2.01. The van der Waals surface area contributed by atoms with Crippen molar-refractivity contribution in [1.82, 2.24) is 4.98 Å². The molecule has 1 heterocycles. The molecular formula is C14H18N2O. The number of aryl methyl sites for hydroxylation is 1. The van der Waals surface area contributed by atoms with Gasteiger partial charge in [-0.1, -0.05) is 37.6 Å². The van der Waals surface area contributed by atoms with Crippen LogP contribution in [0.3, 0.4) is 0 Å². The fourth-order valence-corrected chi connectivity index (χ4v) is 1.75. The van der Waals surface area contributed by atoms with E-state index in [1.165, 1.54) is 18.4 Å². The number of unbranched alkanes of at least 4 members (excludes halogenated alkanes) is 1. The molecule has 1 aromatic carbocycles. The van der Waals surface area contributed by atoms with Gasteiger partial charge in [0, 0.05) is 5.56 Å². The van der Waals surface area contributed by atoms with Gasteiger partial charge in [-0.2, -0.15) is 0 Å². The number of benzene rings is 1. The first kappa shape index (κ1) is 11.9. The Hall–Kier alpha value is -1.61. The molecule has 3 heteroatoms. The molecule has 0 aliphatic carbocycles. The second kappa shape index (κ2) is 5.64. The van der Waals surface area contributed by atoms with E-state index in [0.717, 1.165) is 17.7 Å². The van der Waals surface area contributed by atoms with Crippen LogP contribution in [0, 0.1) is 0 Å². The van der Waals surface area contributed by atoms with E-state index in [0.29, 0.717) is 12.4 Å². The summed E-state index contributed by atoms with van der Waals surface area (Å²) in [6, 6.07) is 8.45. The highest BCUT2D eigenvalue weighted by atomic mass is 16.4. The highest BCUT2D eigenvalue weighted by Gasteiger charge is 2.04. The molecule has 17 heavy (non-hydrogen) atoms. The average molecular weight is 230 g/mol. The average Bonchev–Trinajstić information content (AvgIpc) is 2.86. The summed E-state index contributed by atoms with van der Waals surface area (Å²) in [5.41, 5.74) is 7.89. The molecular weight excluding hydrogens is 212 g/mol. The Morgan fingerprint density at radius 2 is 2.00 bits per heavy atom. The lowest BCUT2D eigenvalue weighted by Crippen LogP contribution is -1.94. The van der Waals surface area contributed by atoms with E-state index in [2.05, 4.69) is 36.2 Å². The van der Waals surface area contributed by atoms with E-state index in [1.807, 2.05) is 0 Å². The summed E-state index contributed by atoms with van der Waals surface area (Å²) in [6.07, 6.45) is 5.33. The summed E-state index contributed by atoms with van der Waals surface area (Å²) in [4.78, 5) is 4.09. The van der Waals surface area contributed by atoms with E-state index in [9.17, 15) is 0 Å². The maximum absolute atomic E-state index is 5.50. The molecule has 0 fully saturated rings. The topological polar surface area (TPSA) is 52.0 Å². The van der Waals surface area contributed by atoms with Gasteiger partial charge in [0.2, 0.25) is 5.89 Å². The summed E-state index contributed by atoms with van der Waals surface area (Å²) in [5, 5.41) is 0. The number of nitrogens with two attached hydrogens (primary N) is 1. The van der Waals surface area contributed by atoms with Gasteiger partial charge in [-0.25, -0.2) is 4.98 Å². The van der Waals surface area contributed by atoms with Gasteiger partial charge in [0.25, 0.3) is 0 Å². The minimum Gasteiger partial charge on any atom is -0.439 e. The summed E-state index contributed by atoms with van der Waals surface area (Å²) in [5.74, 6) is 1.36.